The summed E-state index contributed by atoms with van der Waals surface area (Å²) in [5.74, 6) is 1.59. The Labute approximate surface area is 129 Å². The average Bonchev–Trinajstić information content (AvgIpc) is 2.85. The maximum absolute atomic E-state index is 6.02. The molecule has 1 saturated heterocycles. The van der Waals surface area contributed by atoms with Crippen LogP contribution in [0.25, 0.3) is 0 Å². The van der Waals surface area contributed by atoms with Gasteiger partial charge in [0.15, 0.2) is 0 Å². The lowest BCUT2D eigenvalue weighted by Crippen LogP contribution is -2.35. The fourth-order valence-electron chi connectivity index (χ4n) is 3.35. The lowest BCUT2D eigenvalue weighted by atomic mass is 9.90. The van der Waals surface area contributed by atoms with Crippen molar-refractivity contribution in [1.29, 1.82) is 0 Å². The predicted molar refractivity (Wildman–Crippen MR) is 87.0 cm³/mol. The molecule has 1 aliphatic heterocycles. The fourth-order valence-corrected chi connectivity index (χ4v) is 3.35. The van der Waals surface area contributed by atoms with Gasteiger partial charge in [0, 0.05) is 6.61 Å². The van der Waals surface area contributed by atoms with Crippen LogP contribution in [0.5, 0.6) is 5.75 Å². The monoisotopic (exact) mass is 291 g/mol. The van der Waals surface area contributed by atoms with E-state index in [1.807, 2.05) is 0 Å². The maximum atomic E-state index is 6.02. The Kier molecular flexibility index (Phi) is 5.65. The highest BCUT2D eigenvalue weighted by atomic mass is 16.5. The van der Waals surface area contributed by atoms with Crippen LogP contribution in [0, 0.1) is 19.8 Å². The molecule has 1 N–H and O–H groups in total. The highest BCUT2D eigenvalue weighted by Crippen LogP contribution is 2.34. The largest absolute Gasteiger partial charge is 0.496 e. The van der Waals surface area contributed by atoms with Crippen molar-refractivity contribution >= 4 is 0 Å². The molecule has 0 radical (unpaired) electrons. The number of benzene rings is 1. The summed E-state index contributed by atoms with van der Waals surface area (Å²) >= 11 is 0. The van der Waals surface area contributed by atoms with Crippen LogP contribution < -0.4 is 10.1 Å². The van der Waals surface area contributed by atoms with E-state index in [0.717, 1.165) is 31.7 Å². The molecule has 0 bridgehead atoms. The van der Waals surface area contributed by atoms with Crippen molar-refractivity contribution in [3.05, 3.63) is 28.8 Å². The number of nitrogens with one attached hydrogen (secondary N) is 1. The number of aryl methyl sites for hydroxylation is 2. The van der Waals surface area contributed by atoms with E-state index in [2.05, 4.69) is 45.1 Å². The third-order valence-electron chi connectivity index (χ3n) is 4.43. The summed E-state index contributed by atoms with van der Waals surface area (Å²) in [5, 5.41) is 3.68. The molecule has 1 heterocycles. The van der Waals surface area contributed by atoms with Crippen molar-refractivity contribution in [1.82, 2.24) is 5.32 Å². The van der Waals surface area contributed by atoms with Gasteiger partial charge in [-0.2, -0.15) is 0 Å². The molecule has 21 heavy (non-hydrogen) atoms. The molecule has 1 aromatic carbocycles. The van der Waals surface area contributed by atoms with Gasteiger partial charge in [-0.15, -0.1) is 0 Å². The summed E-state index contributed by atoms with van der Waals surface area (Å²) in [6, 6.07) is 4.76. The van der Waals surface area contributed by atoms with E-state index in [4.69, 9.17) is 9.47 Å². The Hall–Kier alpha value is -1.06. The molecule has 118 valence electrons. The number of hydrogen-bond acceptors (Lipinski definition) is 3. The van der Waals surface area contributed by atoms with Crippen molar-refractivity contribution < 1.29 is 9.47 Å². The molecule has 3 nitrogen and oxygen atoms in total. The first-order valence-electron chi connectivity index (χ1n) is 8.08. The third-order valence-corrected chi connectivity index (χ3v) is 4.43. The first-order valence-corrected chi connectivity index (χ1v) is 8.08. The van der Waals surface area contributed by atoms with Crippen molar-refractivity contribution in [2.45, 2.75) is 52.7 Å². The average molecular weight is 291 g/mol. The smallest absolute Gasteiger partial charge is 0.124 e. The van der Waals surface area contributed by atoms with Crippen molar-refractivity contribution in [3.63, 3.8) is 0 Å². The second kappa shape index (κ2) is 7.28. The van der Waals surface area contributed by atoms with Gasteiger partial charge in [0.1, 0.15) is 5.75 Å². The third kappa shape index (κ3) is 3.58. The minimum absolute atomic E-state index is 0.267. The van der Waals surface area contributed by atoms with E-state index in [1.54, 1.807) is 7.11 Å². The van der Waals surface area contributed by atoms with E-state index in [0.29, 0.717) is 5.92 Å². The van der Waals surface area contributed by atoms with Crippen LogP contribution in [0.2, 0.25) is 0 Å². The van der Waals surface area contributed by atoms with Gasteiger partial charge in [-0.1, -0.05) is 26.0 Å². The summed E-state index contributed by atoms with van der Waals surface area (Å²) in [6.07, 6.45) is 2.55. The lowest BCUT2D eigenvalue weighted by Gasteiger charge is -2.28. The quantitative estimate of drug-likeness (QED) is 0.865. The van der Waals surface area contributed by atoms with Crippen molar-refractivity contribution in [2.75, 3.05) is 20.3 Å². The molecule has 3 atom stereocenters. The zero-order valence-corrected chi connectivity index (χ0v) is 14.0. The van der Waals surface area contributed by atoms with Crippen LogP contribution in [0.15, 0.2) is 12.1 Å². The summed E-state index contributed by atoms with van der Waals surface area (Å²) in [5.41, 5.74) is 3.71. The molecular formula is C18H29NO2. The van der Waals surface area contributed by atoms with Gasteiger partial charge in [0.2, 0.25) is 0 Å². The van der Waals surface area contributed by atoms with Crippen LogP contribution in [0.3, 0.4) is 0 Å². The number of methoxy groups -OCH3 is 1. The van der Waals surface area contributed by atoms with Crippen molar-refractivity contribution in [2.24, 2.45) is 5.92 Å². The molecular weight excluding hydrogens is 262 g/mol. The molecule has 1 aliphatic rings. The van der Waals surface area contributed by atoms with Crippen molar-refractivity contribution in [3.8, 4) is 5.75 Å². The zero-order valence-electron chi connectivity index (χ0n) is 14.0. The van der Waals surface area contributed by atoms with E-state index < -0.39 is 0 Å². The van der Waals surface area contributed by atoms with E-state index in [-0.39, 0.29) is 12.1 Å². The van der Waals surface area contributed by atoms with Gasteiger partial charge < -0.3 is 14.8 Å². The minimum atomic E-state index is 0.267. The van der Waals surface area contributed by atoms with Gasteiger partial charge in [0.05, 0.1) is 19.3 Å². The summed E-state index contributed by atoms with van der Waals surface area (Å²) in [6.45, 7) is 10.6. The van der Waals surface area contributed by atoms with Gasteiger partial charge in [-0.25, -0.2) is 0 Å². The molecule has 3 unspecified atom stereocenters. The second-order valence-electron chi connectivity index (χ2n) is 6.22. The fraction of sp³-hybridized carbons (Fsp3) is 0.667. The summed E-state index contributed by atoms with van der Waals surface area (Å²) in [4.78, 5) is 0. The Balaban J connectivity index is 2.32. The van der Waals surface area contributed by atoms with E-state index >= 15 is 0 Å². The van der Waals surface area contributed by atoms with Gasteiger partial charge in [-0.05, 0) is 55.8 Å². The normalized spacial score (nSPS) is 23.3. The maximum Gasteiger partial charge on any atom is 0.124 e. The number of hydrogen-bond donors (Lipinski definition) is 1. The van der Waals surface area contributed by atoms with Gasteiger partial charge in [-0.3, -0.25) is 0 Å². The van der Waals surface area contributed by atoms with Gasteiger partial charge in [0.25, 0.3) is 0 Å². The minimum Gasteiger partial charge on any atom is -0.496 e. The Bertz CT molecular complexity index is 449. The molecule has 0 saturated carbocycles. The van der Waals surface area contributed by atoms with Crippen LogP contribution in [-0.2, 0) is 4.74 Å². The summed E-state index contributed by atoms with van der Waals surface area (Å²) < 4.78 is 11.5. The molecule has 0 amide bonds. The van der Waals surface area contributed by atoms with Crippen LogP contribution >= 0.6 is 0 Å². The zero-order chi connectivity index (χ0) is 15.4. The molecule has 3 heteroatoms. The van der Waals surface area contributed by atoms with Crippen LogP contribution in [-0.4, -0.2) is 26.4 Å². The van der Waals surface area contributed by atoms with Gasteiger partial charge >= 0.3 is 0 Å². The highest BCUT2D eigenvalue weighted by Gasteiger charge is 2.33. The van der Waals surface area contributed by atoms with E-state index in [1.165, 1.54) is 16.7 Å². The highest BCUT2D eigenvalue weighted by molar-refractivity contribution is 5.44. The molecule has 1 aromatic rings. The topological polar surface area (TPSA) is 30.5 Å². The molecule has 0 spiro atoms. The van der Waals surface area contributed by atoms with E-state index in [9.17, 15) is 0 Å². The van der Waals surface area contributed by atoms with Crippen LogP contribution in [0.4, 0.5) is 0 Å². The molecule has 2 rings (SSSR count). The Morgan fingerprint density at radius 1 is 1.33 bits per heavy atom. The predicted octanol–water partition coefficient (Wildman–Crippen LogP) is 3.78. The SMILES string of the molecule is CCCNC(c1cc(C)c(OC)c(C)c1)C1OCCC1C. The Morgan fingerprint density at radius 2 is 2.00 bits per heavy atom. The molecule has 1 fully saturated rings. The standard InChI is InChI=1S/C18H29NO2/c1-6-8-19-16(18-12(2)7-9-21-18)15-10-13(3)17(20-5)14(4)11-15/h10-12,16,18-19H,6-9H2,1-5H3. The first-order chi connectivity index (χ1) is 10.1. The summed E-state index contributed by atoms with van der Waals surface area (Å²) in [7, 11) is 1.74. The number of ether oxygens (including phenoxy) is 2. The number of rotatable bonds is 6. The van der Waals surface area contributed by atoms with Crippen LogP contribution in [0.1, 0.15) is 49.4 Å². The lowest BCUT2D eigenvalue weighted by molar-refractivity contribution is 0.0607. The molecule has 0 aliphatic carbocycles. The Morgan fingerprint density at radius 3 is 2.48 bits per heavy atom. The second-order valence-corrected chi connectivity index (χ2v) is 6.22. The first kappa shape index (κ1) is 16.3. The molecule has 0 aromatic heterocycles.